The van der Waals surface area contributed by atoms with Gasteiger partial charge in [0.1, 0.15) is 4.92 Å². The molecule has 0 radical (unpaired) electrons. The van der Waals surface area contributed by atoms with Crippen LogP contribution < -0.4 is 10.3 Å². The fraction of sp³-hybridized carbons (Fsp3) is 0.273. The highest BCUT2D eigenvalue weighted by Gasteiger charge is 2.28. The average Bonchev–Trinajstić information content (AvgIpc) is 2.95. The Morgan fingerprint density at radius 2 is 2.04 bits per heavy atom. The Labute approximate surface area is 150 Å². The molecule has 2 aromatic heterocycles. The van der Waals surface area contributed by atoms with Gasteiger partial charge >= 0.3 is 5.88 Å². The predicted octanol–water partition coefficient (Wildman–Crippen LogP) is 2.71. The van der Waals surface area contributed by atoms with Crippen LogP contribution in [0.3, 0.4) is 0 Å². The van der Waals surface area contributed by atoms with Crippen molar-refractivity contribution in [2.45, 2.75) is 3.79 Å². The molecule has 128 valence electrons. The highest BCUT2D eigenvalue weighted by molar-refractivity contribution is 6.66. The largest absolute Gasteiger partial charge is 0.433 e. The minimum absolute atomic E-state index is 0.0207. The normalized spacial score (nSPS) is 11.7. The van der Waals surface area contributed by atoms with Crippen molar-refractivity contribution in [3.63, 3.8) is 0 Å². The maximum Gasteiger partial charge on any atom is 0.433 e. The Morgan fingerprint density at radius 1 is 1.33 bits per heavy atom. The van der Waals surface area contributed by atoms with Crippen LogP contribution in [0.4, 0.5) is 17.8 Å². The number of hydrogen-bond acceptors (Lipinski definition) is 9. The molecule has 0 spiro atoms. The van der Waals surface area contributed by atoms with Crippen molar-refractivity contribution in [3.8, 4) is 0 Å². The van der Waals surface area contributed by atoms with Gasteiger partial charge < -0.3 is 9.32 Å². The number of hydrogen-bond donors (Lipinski definition) is 1. The summed E-state index contributed by atoms with van der Waals surface area (Å²) < 4.78 is 3.07. The number of furan rings is 1. The van der Waals surface area contributed by atoms with E-state index in [1.807, 2.05) is 0 Å². The van der Waals surface area contributed by atoms with Gasteiger partial charge in [0.25, 0.3) is 0 Å². The molecule has 0 fully saturated rings. The lowest BCUT2D eigenvalue weighted by Crippen LogP contribution is -2.18. The third-order valence-corrected chi connectivity index (χ3v) is 2.93. The Hall–Kier alpha value is -2.17. The number of aromatic nitrogens is 3. The first-order valence-electron chi connectivity index (χ1n) is 6.20. The van der Waals surface area contributed by atoms with E-state index in [0.717, 1.165) is 0 Å². The minimum atomic E-state index is -1.84. The molecule has 0 unspecified atom stereocenters. The van der Waals surface area contributed by atoms with Gasteiger partial charge in [-0.05, 0) is 6.07 Å². The summed E-state index contributed by atoms with van der Waals surface area (Å²) in [5, 5.41) is 14.3. The zero-order valence-corrected chi connectivity index (χ0v) is 14.5. The van der Waals surface area contributed by atoms with Crippen molar-refractivity contribution < 1.29 is 9.34 Å². The lowest BCUT2D eigenvalue weighted by atomic mass is 10.5. The topological polar surface area (TPSA) is 123 Å². The van der Waals surface area contributed by atoms with Crippen molar-refractivity contribution in [1.29, 1.82) is 0 Å². The van der Waals surface area contributed by atoms with E-state index in [-0.39, 0.29) is 23.5 Å². The monoisotopic (exact) mass is 393 g/mol. The van der Waals surface area contributed by atoms with Crippen molar-refractivity contribution in [1.82, 2.24) is 15.0 Å². The molecule has 2 heterocycles. The summed E-state index contributed by atoms with van der Waals surface area (Å²) >= 11 is 17.4. The number of hydrazone groups is 1. The number of anilines is 2. The molecule has 0 aromatic carbocycles. The Kier molecular flexibility index (Phi) is 5.42. The van der Waals surface area contributed by atoms with Crippen LogP contribution in [0.2, 0.25) is 0 Å². The number of rotatable bonds is 5. The number of nitro groups is 1. The summed E-state index contributed by atoms with van der Waals surface area (Å²) in [5.41, 5.74) is 2.51. The summed E-state index contributed by atoms with van der Waals surface area (Å²) in [4.78, 5) is 23.5. The van der Waals surface area contributed by atoms with E-state index in [1.54, 1.807) is 19.0 Å². The quantitative estimate of drug-likeness (QED) is 0.355. The third kappa shape index (κ3) is 4.66. The molecule has 0 aliphatic heterocycles. The molecule has 0 aliphatic carbocycles. The molecule has 2 aromatic rings. The predicted molar refractivity (Wildman–Crippen MR) is 90.0 cm³/mol. The first-order chi connectivity index (χ1) is 11.2. The number of alkyl halides is 3. The summed E-state index contributed by atoms with van der Waals surface area (Å²) in [6.45, 7) is 0. The van der Waals surface area contributed by atoms with Gasteiger partial charge in [-0.1, -0.05) is 34.8 Å². The summed E-state index contributed by atoms with van der Waals surface area (Å²) in [6, 6.07) is 2.59. The van der Waals surface area contributed by atoms with Gasteiger partial charge in [0.05, 0.1) is 12.3 Å². The van der Waals surface area contributed by atoms with E-state index < -0.39 is 14.6 Å². The van der Waals surface area contributed by atoms with Crippen LogP contribution in [0.15, 0.2) is 21.7 Å². The van der Waals surface area contributed by atoms with Gasteiger partial charge in [-0.2, -0.15) is 20.1 Å². The van der Waals surface area contributed by atoms with Crippen LogP contribution >= 0.6 is 34.8 Å². The maximum atomic E-state index is 10.5. The second kappa shape index (κ2) is 7.16. The lowest BCUT2D eigenvalue weighted by Gasteiger charge is -2.15. The van der Waals surface area contributed by atoms with E-state index in [0.29, 0.717) is 0 Å². The highest BCUT2D eigenvalue weighted by atomic mass is 35.6. The van der Waals surface area contributed by atoms with E-state index >= 15 is 0 Å². The summed E-state index contributed by atoms with van der Waals surface area (Å²) in [7, 11) is 3.40. The zero-order valence-electron chi connectivity index (χ0n) is 12.3. The minimum Gasteiger partial charge on any atom is -0.400 e. The number of halogens is 3. The second-order valence-electron chi connectivity index (χ2n) is 4.48. The maximum absolute atomic E-state index is 10.5. The van der Waals surface area contributed by atoms with E-state index in [2.05, 4.69) is 25.5 Å². The van der Waals surface area contributed by atoms with Crippen LogP contribution in [0, 0.1) is 10.1 Å². The lowest BCUT2D eigenvalue weighted by molar-refractivity contribution is -0.402. The van der Waals surface area contributed by atoms with Crippen LogP contribution in [-0.4, -0.2) is 40.2 Å². The molecule has 0 aliphatic rings. The van der Waals surface area contributed by atoms with Crippen molar-refractivity contribution in [2.75, 3.05) is 24.4 Å². The zero-order chi connectivity index (χ0) is 17.9. The standard InChI is InChI=1S/C11H10Cl3N7O3/c1-20(2)10-17-8(11(12,13)14)16-9(18-10)19-15-5-6-3-4-7(24-6)21(22)23/h3-5H,1-2H3,(H,16,17,18,19)/b15-5+. The third-order valence-electron chi connectivity index (χ3n) is 2.43. The first-order valence-corrected chi connectivity index (χ1v) is 7.34. The smallest absolute Gasteiger partial charge is 0.400 e. The highest BCUT2D eigenvalue weighted by Crippen LogP contribution is 2.36. The Balaban J connectivity index is 2.20. The summed E-state index contributed by atoms with van der Waals surface area (Å²) in [5.74, 6) is -0.0507. The summed E-state index contributed by atoms with van der Waals surface area (Å²) in [6.07, 6.45) is 1.21. The average molecular weight is 395 g/mol. The van der Waals surface area contributed by atoms with E-state index in [9.17, 15) is 10.1 Å². The molecular weight excluding hydrogens is 385 g/mol. The van der Waals surface area contributed by atoms with Crippen molar-refractivity contribution in [3.05, 3.63) is 33.8 Å². The van der Waals surface area contributed by atoms with Crippen LogP contribution in [0.25, 0.3) is 0 Å². The van der Waals surface area contributed by atoms with Gasteiger partial charge in [0.15, 0.2) is 11.6 Å². The molecule has 0 amide bonds. The fourth-order valence-corrected chi connectivity index (χ4v) is 1.66. The number of nitrogens with zero attached hydrogens (tertiary/aromatic N) is 6. The fourth-order valence-electron chi connectivity index (χ4n) is 1.40. The van der Waals surface area contributed by atoms with Gasteiger partial charge in [-0.15, -0.1) is 0 Å². The van der Waals surface area contributed by atoms with Crippen LogP contribution in [0.5, 0.6) is 0 Å². The van der Waals surface area contributed by atoms with Crippen molar-refractivity contribution >= 4 is 58.8 Å². The van der Waals surface area contributed by atoms with Gasteiger partial charge in [-0.25, -0.2) is 5.43 Å². The first kappa shape index (κ1) is 18.2. The van der Waals surface area contributed by atoms with Gasteiger partial charge in [-0.3, -0.25) is 10.1 Å². The van der Waals surface area contributed by atoms with Crippen LogP contribution in [-0.2, 0) is 3.79 Å². The molecule has 24 heavy (non-hydrogen) atoms. The second-order valence-corrected chi connectivity index (χ2v) is 6.76. The molecular formula is C11H10Cl3N7O3. The van der Waals surface area contributed by atoms with E-state index in [4.69, 9.17) is 39.2 Å². The van der Waals surface area contributed by atoms with Crippen LogP contribution in [0.1, 0.15) is 11.6 Å². The Morgan fingerprint density at radius 3 is 2.58 bits per heavy atom. The SMILES string of the molecule is CN(C)c1nc(N/N=C/c2ccc([N+](=O)[O-])o2)nc(C(Cl)(Cl)Cl)n1. The molecule has 13 heteroatoms. The molecule has 10 nitrogen and oxygen atoms in total. The van der Waals surface area contributed by atoms with E-state index in [1.165, 1.54) is 18.3 Å². The van der Waals surface area contributed by atoms with Crippen molar-refractivity contribution in [2.24, 2.45) is 5.10 Å². The van der Waals surface area contributed by atoms with Gasteiger partial charge in [0.2, 0.25) is 15.7 Å². The molecule has 0 saturated heterocycles. The van der Waals surface area contributed by atoms with Gasteiger partial charge in [0, 0.05) is 14.1 Å². The molecule has 2 rings (SSSR count). The number of nitrogens with one attached hydrogen (secondary N) is 1. The molecule has 0 saturated carbocycles. The molecule has 0 atom stereocenters. The Bertz CT molecular complexity index is 772. The molecule has 1 N–H and O–H groups in total. The molecule has 0 bridgehead atoms.